The molecule has 29 heavy (non-hydrogen) atoms. The second-order valence-corrected chi connectivity index (χ2v) is 9.10. The van der Waals surface area contributed by atoms with Crippen LogP contribution < -0.4 is 4.90 Å². The van der Waals surface area contributed by atoms with E-state index in [9.17, 15) is 13.2 Å². The van der Waals surface area contributed by atoms with Crippen LogP contribution in [0.25, 0.3) is 10.2 Å². The quantitative estimate of drug-likeness (QED) is 0.646. The maximum Gasteiger partial charge on any atom is 0.393 e. The standard InChI is InChI=1S/C19H19F3N6S/c20-19(21,22)6-14-5-15-16(23-12-24-17(15)29-14)28-4-2-18(11-28)9-27(10-18)8-13-1-3-25-26-7-13/h1,3,5,7,12H,2,4,6,8-11H2. The molecule has 0 aliphatic carbocycles. The topological polar surface area (TPSA) is 58.0 Å². The second-order valence-electron chi connectivity index (χ2n) is 7.99. The highest BCUT2D eigenvalue weighted by atomic mass is 32.1. The van der Waals surface area contributed by atoms with Crippen molar-refractivity contribution >= 4 is 27.4 Å². The molecule has 0 bridgehead atoms. The summed E-state index contributed by atoms with van der Waals surface area (Å²) in [6, 6.07) is 3.59. The van der Waals surface area contributed by atoms with Crippen LogP contribution in [-0.4, -0.2) is 57.4 Å². The lowest BCUT2D eigenvalue weighted by atomic mass is 9.79. The molecule has 2 saturated heterocycles. The molecule has 0 saturated carbocycles. The molecule has 10 heteroatoms. The summed E-state index contributed by atoms with van der Waals surface area (Å²) in [4.78, 5) is 14.1. The van der Waals surface area contributed by atoms with Gasteiger partial charge in [-0.1, -0.05) is 0 Å². The zero-order chi connectivity index (χ0) is 20.1. The zero-order valence-electron chi connectivity index (χ0n) is 15.6. The van der Waals surface area contributed by atoms with Crippen LogP contribution in [0.3, 0.4) is 0 Å². The average molecular weight is 420 g/mol. The first-order chi connectivity index (χ1) is 13.9. The van der Waals surface area contributed by atoms with Crippen molar-refractivity contribution in [1.82, 2.24) is 25.1 Å². The first kappa shape index (κ1) is 18.7. The highest BCUT2D eigenvalue weighted by Gasteiger charge is 2.48. The van der Waals surface area contributed by atoms with Gasteiger partial charge >= 0.3 is 6.18 Å². The zero-order valence-corrected chi connectivity index (χ0v) is 16.4. The molecule has 0 amide bonds. The molecule has 3 aromatic rings. The first-order valence-corrected chi connectivity index (χ1v) is 10.2. The van der Waals surface area contributed by atoms with E-state index in [-0.39, 0.29) is 10.3 Å². The minimum absolute atomic E-state index is 0.225. The van der Waals surface area contributed by atoms with E-state index in [2.05, 4.69) is 30.0 Å². The molecular formula is C19H19F3N6S. The number of thiophene rings is 1. The van der Waals surface area contributed by atoms with Gasteiger partial charge in [0.1, 0.15) is 17.0 Å². The number of rotatable bonds is 4. The Morgan fingerprint density at radius 2 is 2.00 bits per heavy atom. The summed E-state index contributed by atoms with van der Waals surface area (Å²) < 4.78 is 38.3. The monoisotopic (exact) mass is 420 g/mol. The number of likely N-dealkylation sites (tertiary alicyclic amines) is 1. The number of anilines is 1. The van der Waals surface area contributed by atoms with Crippen LogP contribution in [0, 0.1) is 5.41 Å². The number of hydrogen-bond donors (Lipinski definition) is 0. The maximum atomic E-state index is 12.8. The van der Waals surface area contributed by atoms with Crippen molar-refractivity contribution in [3.8, 4) is 0 Å². The third-order valence-electron chi connectivity index (χ3n) is 5.64. The Bertz CT molecular complexity index is 1020. The molecule has 0 N–H and O–H groups in total. The van der Waals surface area contributed by atoms with Crippen molar-refractivity contribution in [1.29, 1.82) is 0 Å². The van der Waals surface area contributed by atoms with Crippen molar-refractivity contribution in [2.24, 2.45) is 5.41 Å². The summed E-state index contributed by atoms with van der Waals surface area (Å²) in [6.07, 6.45) is 0.875. The fourth-order valence-corrected chi connectivity index (χ4v) is 5.51. The van der Waals surface area contributed by atoms with Gasteiger partial charge in [-0.2, -0.15) is 23.4 Å². The molecule has 1 spiro atoms. The van der Waals surface area contributed by atoms with E-state index in [4.69, 9.17) is 0 Å². The lowest BCUT2D eigenvalue weighted by Gasteiger charge is -2.48. The normalized spacial score (nSPS) is 19.2. The van der Waals surface area contributed by atoms with Gasteiger partial charge < -0.3 is 4.90 Å². The predicted octanol–water partition coefficient (Wildman–Crippen LogP) is 3.30. The minimum Gasteiger partial charge on any atom is -0.355 e. The van der Waals surface area contributed by atoms with Gasteiger partial charge in [0.05, 0.1) is 18.0 Å². The largest absolute Gasteiger partial charge is 0.393 e. The molecule has 5 heterocycles. The minimum atomic E-state index is -4.22. The summed E-state index contributed by atoms with van der Waals surface area (Å²) in [6.45, 7) is 4.60. The number of alkyl halides is 3. The average Bonchev–Trinajstić information content (AvgIpc) is 3.24. The van der Waals surface area contributed by atoms with Crippen LogP contribution in [0.2, 0.25) is 0 Å². The Morgan fingerprint density at radius 1 is 1.14 bits per heavy atom. The number of fused-ring (bicyclic) bond motifs is 1. The summed E-state index contributed by atoms with van der Waals surface area (Å²) in [7, 11) is 0. The molecule has 0 atom stereocenters. The van der Waals surface area contributed by atoms with Crippen molar-refractivity contribution < 1.29 is 13.2 Å². The van der Waals surface area contributed by atoms with E-state index in [0.29, 0.717) is 4.83 Å². The Balaban J connectivity index is 1.29. The van der Waals surface area contributed by atoms with E-state index >= 15 is 0 Å². The van der Waals surface area contributed by atoms with Crippen LogP contribution in [0.15, 0.2) is 30.9 Å². The third-order valence-corrected chi connectivity index (χ3v) is 6.68. The Morgan fingerprint density at radius 3 is 2.76 bits per heavy atom. The van der Waals surface area contributed by atoms with Crippen LogP contribution in [0.4, 0.5) is 19.0 Å². The molecule has 3 aromatic heterocycles. The van der Waals surface area contributed by atoms with Gasteiger partial charge in [0, 0.05) is 49.2 Å². The smallest absolute Gasteiger partial charge is 0.355 e. The van der Waals surface area contributed by atoms with Crippen molar-refractivity contribution in [3.05, 3.63) is 41.3 Å². The summed E-state index contributed by atoms with van der Waals surface area (Å²) in [5.41, 5.74) is 1.38. The highest BCUT2D eigenvalue weighted by molar-refractivity contribution is 7.18. The van der Waals surface area contributed by atoms with Gasteiger partial charge in [-0.05, 0) is 24.1 Å². The molecule has 2 aliphatic rings. The van der Waals surface area contributed by atoms with Crippen LogP contribution in [0.1, 0.15) is 16.9 Å². The summed E-state index contributed by atoms with van der Waals surface area (Å²) in [5.74, 6) is 0.758. The number of nitrogens with zero attached hydrogens (tertiary/aromatic N) is 6. The molecular weight excluding hydrogens is 401 g/mol. The van der Waals surface area contributed by atoms with Crippen LogP contribution in [-0.2, 0) is 13.0 Å². The molecule has 0 radical (unpaired) electrons. The van der Waals surface area contributed by atoms with Gasteiger partial charge in [0.2, 0.25) is 0 Å². The van der Waals surface area contributed by atoms with Gasteiger partial charge in [-0.3, -0.25) is 4.90 Å². The number of hydrogen-bond acceptors (Lipinski definition) is 7. The Hall–Kier alpha value is -2.33. The first-order valence-electron chi connectivity index (χ1n) is 9.42. The van der Waals surface area contributed by atoms with E-state index < -0.39 is 12.6 Å². The van der Waals surface area contributed by atoms with Crippen molar-refractivity contribution in [3.63, 3.8) is 0 Å². The maximum absolute atomic E-state index is 12.8. The molecule has 6 nitrogen and oxygen atoms in total. The van der Waals surface area contributed by atoms with E-state index in [1.807, 2.05) is 6.07 Å². The number of halogens is 3. The second kappa shape index (κ2) is 6.88. The SMILES string of the molecule is FC(F)(F)Cc1cc2c(N3CCC4(CN(Cc5ccnnc5)C4)C3)ncnc2s1. The Labute approximate surface area is 169 Å². The molecule has 2 fully saturated rings. The molecule has 0 aromatic carbocycles. The van der Waals surface area contributed by atoms with Gasteiger partial charge in [0.15, 0.2) is 0 Å². The third kappa shape index (κ3) is 3.78. The molecule has 152 valence electrons. The molecule has 2 aliphatic heterocycles. The van der Waals surface area contributed by atoms with Gasteiger partial charge in [-0.25, -0.2) is 9.97 Å². The lowest BCUT2D eigenvalue weighted by molar-refractivity contribution is -0.126. The number of aromatic nitrogens is 4. The van der Waals surface area contributed by atoms with E-state index in [1.165, 1.54) is 6.33 Å². The fraction of sp³-hybridized carbons (Fsp3) is 0.474. The van der Waals surface area contributed by atoms with Crippen molar-refractivity contribution in [2.75, 3.05) is 31.1 Å². The van der Waals surface area contributed by atoms with Gasteiger partial charge in [0.25, 0.3) is 0 Å². The molecule has 5 rings (SSSR count). The summed E-state index contributed by atoms with van der Waals surface area (Å²) in [5, 5.41) is 8.46. The van der Waals surface area contributed by atoms with Crippen LogP contribution in [0.5, 0.6) is 0 Å². The Kier molecular flexibility index (Phi) is 4.43. The van der Waals surface area contributed by atoms with Gasteiger partial charge in [-0.15, -0.1) is 11.3 Å². The summed E-state index contributed by atoms with van der Waals surface area (Å²) >= 11 is 1.10. The molecule has 0 unspecified atom stereocenters. The highest BCUT2D eigenvalue weighted by Crippen LogP contribution is 2.43. The van der Waals surface area contributed by atoms with Crippen molar-refractivity contribution in [2.45, 2.75) is 25.6 Å². The van der Waals surface area contributed by atoms with Crippen LogP contribution >= 0.6 is 11.3 Å². The van der Waals surface area contributed by atoms with E-state index in [1.54, 1.807) is 18.5 Å². The van der Waals surface area contributed by atoms with E-state index in [0.717, 1.165) is 67.2 Å². The predicted molar refractivity (Wildman–Crippen MR) is 104 cm³/mol. The fourth-order valence-electron chi connectivity index (χ4n) is 4.49. The lowest BCUT2D eigenvalue weighted by Crippen LogP contribution is -2.56.